The summed E-state index contributed by atoms with van der Waals surface area (Å²) in [5.41, 5.74) is 6.49. The summed E-state index contributed by atoms with van der Waals surface area (Å²) in [7, 11) is 0. The summed E-state index contributed by atoms with van der Waals surface area (Å²) in [6.07, 6.45) is 3.13. The maximum atomic E-state index is 11.9. The maximum Gasteiger partial charge on any atom is 0.222 e. The van der Waals surface area contributed by atoms with Gasteiger partial charge in [-0.2, -0.15) is 0 Å². The van der Waals surface area contributed by atoms with Gasteiger partial charge in [0.15, 0.2) is 0 Å². The van der Waals surface area contributed by atoms with Crippen LogP contribution in [0.1, 0.15) is 31.5 Å². The molecule has 1 saturated heterocycles. The molecule has 1 unspecified atom stereocenters. The summed E-state index contributed by atoms with van der Waals surface area (Å²) in [6, 6.07) is -0.108. The Morgan fingerprint density at radius 2 is 2.26 bits per heavy atom. The van der Waals surface area contributed by atoms with Crippen molar-refractivity contribution in [2.24, 2.45) is 5.73 Å². The highest BCUT2D eigenvalue weighted by atomic mass is 16.5. The topological polar surface area (TPSA) is 86.3 Å². The molecule has 1 aliphatic rings. The van der Waals surface area contributed by atoms with E-state index in [-0.39, 0.29) is 11.9 Å². The van der Waals surface area contributed by atoms with E-state index in [0.717, 1.165) is 12.1 Å². The molecule has 2 heterocycles. The summed E-state index contributed by atoms with van der Waals surface area (Å²) in [5, 5.41) is 7.97. The third-order valence-corrected chi connectivity index (χ3v) is 3.16. The molecule has 0 saturated carbocycles. The number of nitrogens with zero attached hydrogens (tertiary/aromatic N) is 4. The van der Waals surface area contributed by atoms with E-state index in [1.165, 1.54) is 0 Å². The maximum absolute atomic E-state index is 11.9. The molecular formula is C12H21N5O2. The van der Waals surface area contributed by atoms with Crippen molar-refractivity contribution < 1.29 is 9.53 Å². The third kappa shape index (κ3) is 4.00. The molecule has 0 aromatic carbocycles. The largest absolute Gasteiger partial charge is 0.378 e. The van der Waals surface area contributed by atoms with Gasteiger partial charge in [0.05, 0.1) is 25.1 Å². The van der Waals surface area contributed by atoms with Gasteiger partial charge < -0.3 is 15.4 Å². The first-order valence-corrected chi connectivity index (χ1v) is 6.68. The van der Waals surface area contributed by atoms with Crippen molar-refractivity contribution in [2.75, 3.05) is 26.3 Å². The lowest BCUT2D eigenvalue weighted by molar-refractivity contribution is -0.135. The third-order valence-electron chi connectivity index (χ3n) is 3.16. The number of aromatic nitrogens is 3. The van der Waals surface area contributed by atoms with Gasteiger partial charge in [0, 0.05) is 32.1 Å². The van der Waals surface area contributed by atoms with Crippen molar-refractivity contribution in [2.45, 2.75) is 32.4 Å². The average Bonchev–Trinajstić information content (AvgIpc) is 2.89. The number of morpholine rings is 1. The minimum atomic E-state index is -0.108. The van der Waals surface area contributed by atoms with Gasteiger partial charge in [-0.1, -0.05) is 5.21 Å². The summed E-state index contributed by atoms with van der Waals surface area (Å²) in [5.74, 6) is 0.191. The number of hydrogen-bond donors (Lipinski definition) is 1. The van der Waals surface area contributed by atoms with E-state index in [1.54, 1.807) is 4.68 Å². The normalized spacial score (nSPS) is 17.5. The first-order valence-electron chi connectivity index (χ1n) is 6.68. The molecule has 1 aliphatic heterocycles. The predicted octanol–water partition coefficient (Wildman–Crippen LogP) is -0.0632. The molecule has 7 heteroatoms. The van der Waals surface area contributed by atoms with Crippen LogP contribution in [0.2, 0.25) is 0 Å². The lowest BCUT2D eigenvalue weighted by Crippen LogP contribution is -2.40. The molecular weight excluding hydrogens is 246 g/mol. The van der Waals surface area contributed by atoms with E-state index in [1.807, 2.05) is 18.0 Å². The average molecular weight is 267 g/mol. The highest BCUT2D eigenvalue weighted by Crippen LogP contribution is 2.06. The highest BCUT2D eigenvalue weighted by molar-refractivity contribution is 5.76. The van der Waals surface area contributed by atoms with Crippen LogP contribution in [0.15, 0.2) is 6.20 Å². The van der Waals surface area contributed by atoms with Crippen LogP contribution in [0.3, 0.4) is 0 Å². The number of ether oxygens (including phenoxy) is 1. The number of amides is 1. The molecule has 0 spiro atoms. The Balaban J connectivity index is 1.71. The van der Waals surface area contributed by atoms with Crippen molar-refractivity contribution in [1.29, 1.82) is 0 Å². The first kappa shape index (κ1) is 14.0. The van der Waals surface area contributed by atoms with Crippen LogP contribution < -0.4 is 5.73 Å². The standard InChI is InChI=1S/C12H21N5O2/c1-10(13)11-9-17(15-14-11)4-2-3-12(18)16-5-7-19-8-6-16/h9-10H,2-8,13H2,1H3. The Kier molecular flexibility index (Phi) is 4.86. The molecule has 0 aliphatic carbocycles. The number of hydrogen-bond acceptors (Lipinski definition) is 5. The van der Waals surface area contributed by atoms with Crippen LogP contribution in [0, 0.1) is 0 Å². The quantitative estimate of drug-likeness (QED) is 0.807. The Hall–Kier alpha value is -1.47. The lowest BCUT2D eigenvalue weighted by Gasteiger charge is -2.26. The van der Waals surface area contributed by atoms with Crippen molar-refractivity contribution in [3.8, 4) is 0 Å². The number of nitrogens with two attached hydrogens (primary N) is 1. The zero-order chi connectivity index (χ0) is 13.7. The van der Waals surface area contributed by atoms with Crippen LogP contribution >= 0.6 is 0 Å². The SMILES string of the molecule is CC(N)c1cn(CCCC(=O)N2CCOCC2)nn1. The second-order valence-corrected chi connectivity index (χ2v) is 4.79. The highest BCUT2D eigenvalue weighted by Gasteiger charge is 2.16. The van der Waals surface area contributed by atoms with Crippen LogP contribution in [0.4, 0.5) is 0 Å². The predicted molar refractivity (Wildman–Crippen MR) is 69.3 cm³/mol. The molecule has 2 N–H and O–H groups in total. The van der Waals surface area contributed by atoms with Crippen molar-refractivity contribution in [3.63, 3.8) is 0 Å². The molecule has 0 radical (unpaired) electrons. The van der Waals surface area contributed by atoms with Gasteiger partial charge in [-0.3, -0.25) is 9.48 Å². The van der Waals surface area contributed by atoms with E-state index in [9.17, 15) is 4.79 Å². The zero-order valence-corrected chi connectivity index (χ0v) is 11.3. The molecule has 1 aromatic rings. The molecule has 1 fully saturated rings. The van der Waals surface area contributed by atoms with Crippen LogP contribution in [-0.2, 0) is 16.1 Å². The summed E-state index contributed by atoms with van der Waals surface area (Å²) in [6.45, 7) is 5.26. The van der Waals surface area contributed by atoms with E-state index < -0.39 is 0 Å². The van der Waals surface area contributed by atoms with Gasteiger partial charge in [-0.25, -0.2) is 0 Å². The van der Waals surface area contributed by atoms with E-state index in [2.05, 4.69) is 10.3 Å². The lowest BCUT2D eigenvalue weighted by atomic mass is 10.2. The molecule has 106 valence electrons. The molecule has 1 atom stereocenters. The smallest absolute Gasteiger partial charge is 0.222 e. The van der Waals surface area contributed by atoms with Crippen LogP contribution in [0.25, 0.3) is 0 Å². The number of carbonyl (C=O) groups is 1. The second-order valence-electron chi connectivity index (χ2n) is 4.79. The Morgan fingerprint density at radius 3 is 2.89 bits per heavy atom. The van der Waals surface area contributed by atoms with Crippen molar-refractivity contribution >= 4 is 5.91 Å². The first-order chi connectivity index (χ1) is 9.16. The molecule has 7 nitrogen and oxygen atoms in total. The molecule has 1 amide bonds. The van der Waals surface area contributed by atoms with Crippen molar-refractivity contribution in [1.82, 2.24) is 19.9 Å². The Labute approximate surface area is 112 Å². The minimum absolute atomic E-state index is 0.108. The van der Waals surface area contributed by atoms with Crippen molar-refractivity contribution in [3.05, 3.63) is 11.9 Å². The van der Waals surface area contributed by atoms with Gasteiger partial charge in [0.2, 0.25) is 5.91 Å². The van der Waals surface area contributed by atoms with Gasteiger partial charge in [0.1, 0.15) is 0 Å². The Morgan fingerprint density at radius 1 is 1.53 bits per heavy atom. The monoisotopic (exact) mass is 267 g/mol. The number of carbonyl (C=O) groups excluding carboxylic acids is 1. The fraction of sp³-hybridized carbons (Fsp3) is 0.750. The van der Waals surface area contributed by atoms with Crippen LogP contribution in [-0.4, -0.2) is 52.1 Å². The molecule has 0 bridgehead atoms. The van der Waals surface area contributed by atoms with E-state index >= 15 is 0 Å². The Bertz CT molecular complexity index is 412. The fourth-order valence-electron chi connectivity index (χ4n) is 1.99. The molecule has 19 heavy (non-hydrogen) atoms. The zero-order valence-electron chi connectivity index (χ0n) is 11.3. The summed E-state index contributed by atoms with van der Waals surface area (Å²) in [4.78, 5) is 13.8. The summed E-state index contributed by atoms with van der Waals surface area (Å²) < 4.78 is 6.96. The number of aryl methyl sites for hydroxylation is 1. The summed E-state index contributed by atoms with van der Waals surface area (Å²) >= 11 is 0. The van der Waals surface area contributed by atoms with Gasteiger partial charge >= 0.3 is 0 Å². The van der Waals surface area contributed by atoms with E-state index in [0.29, 0.717) is 39.3 Å². The van der Waals surface area contributed by atoms with Gasteiger partial charge in [-0.05, 0) is 13.3 Å². The number of rotatable bonds is 5. The molecule has 2 rings (SSSR count). The van der Waals surface area contributed by atoms with E-state index in [4.69, 9.17) is 10.5 Å². The second kappa shape index (κ2) is 6.63. The van der Waals surface area contributed by atoms with Crippen LogP contribution in [0.5, 0.6) is 0 Å². The minimum Gasteiger partial charge on any atom is -0.378 e. The van der Waals surface area contributed by atoms with Gasteiger partial charge in [0.25, 0.3) is 0 Å². The fourth-order valence-corrected chi connectivity index (χ4v) is 1.99. The van der Waals surface area contributed by atoms with Gasteiger partial charge in [-0.15, -0.1) is 5.10 Å². The molecule has 1 aromatic heterocycles.